The van der Waals surface area contributed by atoms with Crippen molar-refractivity contribution >= 4 is 33.2 Å². The van der Waals surface area contributed by atoms with Gasteiger partial charge in [0.25, 0.3) is 11.4 Å². The summed E-state index contributed by atoms with van der Waals surface area (Å²) in [6, 6.07) is 9.51. The second-order valence-corrected chi connectivity index (χ2v) is 6.84. The third-order valence-corrected chi connectivity index (χ3v) is 4.99. The largest absolute Gasteiger partial charge is 0.340 e. The molecule has 0 radical (unpaired) electrons. The van der Waals surface area contributed by atoms with E-state index in [-0.39, 0.29) is 11.4 Å². The SMILES string of the molecule is CCCCCCCCn1c2ccc([N+](=O)[O-])cc2c2cc([N+](=O)[O-])ccc21. The normalized spacial score (nSPS) is 11.3. The number of aromatic nitrogens is 1. The van der Waals surface area contributed by atoms with Crippen molar-refractivity contribution in [3.63, 3.8) is 0 Å². The predicted octanol–water partition coefficient (Wildman–Crippen LogP) is 5.97. The van der Waals surface area contributed by atoms with Crippen molar-refractivity contribution in [1.29, 1.82) is 0 Å². The van der Waals surface area contributed by atoms with Gasteiger partial charge in [-0.15, -0.1) is 0 Å². The molecule has 7 heteroatoms. The quantitative estimate of drug-likeness (QED) is 0.264. The first-order valence-electron chi connectivity index (χ1n) is 9.37. The highest BCUT2D eigenvalue weighted by molar-refractivity contribution is 6.09. The fourth-order valence-electron chi connectivity index (χ4n) is 3.60. The lowest BCUT2D eigenvalue weighted by Crippen LogP contribution is -1.98. The van der Waals surface area contributed by atoms with Gasteiger partial charge in [-0.3, -0.25) is 20.2 Å². The zero-order valence-corrected chi connectivity index (χ0v) is 15.4. The summed E-state index contributed by atoms with van der Waals surface area (Å²) in [7, 11) is 0. The number of fused-ring (bicyclic) bond motifs is 3. The molecule has 0 N–H and O–H groups in total. The van der Waals surface area contributed by atoms with E-state index in [0.29, 0.717) is 10.8 Å². The number of benzene rings is 2. The number of rotatable bonds is 9. The van der Waals surface area contributed by atoms with Gasteiger partial charge in [-0.25, -0.2) is 0 Å². The number of aryl methyl sites for hydroxylation is 1. The molecule has 142 valence electrons. The van der Waals surface area contributed by atoms with Crippen molar-refractivity contribution < 1.29 is 9.85 Å². The summed E-state index contributed by atoms with van der Waals surface area (Å²) in [6.07, 6.45) is 7.04. The van der Waals surface area contributed by atoms with Gasteiger partial charge in [-0.05, 0) is 18.6 Å². The average Bonchev–Trinajstić information content (AvgIpc) is 2.97. The minimum atomic E-state index is -0.437. The fourth-order valence-corrected chi connectivity index (χ4v) is 3.60. The maximum atomic E-state index is 11.2. The molecule has 3 rings (SSSR count). The van der Waals surface area contributed by atoms with Crippen molar-refractivity contribution in [3.8, 4) is 0 Å². The Balaban J connectivity index is 2.00. The molecule has 0 unspecified atom stereocenters. The van der Waals surface area contributed by atoms with Crippen LogP contribution in [0.25, 0.3) is 21.8 Å². The standard InChI is InChI=1S/C20H23N3O4/c1-2-3-4-5-6-7-12-21-19-10-8-15(22(24)25)13-17(19)18-14-16(23(26)27)9-11-20(18)21/h8-11,13-14H,2-7,12H2,1H3. The molecular formula is C20H23N3O4. The summed E-state index contributed by atoms with van der Waals surface area (Å²) in [5, 5.41) is 23.7. The van der Waals surface area contributed by atoms with Crippen LogP contribution in [-0.2, 0) is 6.54 Å². The molecule has 0 aliphatic carbocycles. The Kier molecular flexibility index (Phi) is 5.69. The highest BCUT2D eigenvalue weighted by atomic mass is 16.6. The van der Waals surface area contributed by atoms with E-state index in [9.17, 15) is 20.2 Å². The molecule has 27 heavy (non-hydrogen) atoms. The third kappa shape index (κ3) is 3.92. The molecule has 0 fully saturated rings. The second kappa shape index (κ2) is 8.16. The van der Waals surface area contributed by atoms with E-state index in [1.54, 1.807) is 12.1 Å². The first kappa shape index (κ1) is 18.8. The van der Waals surface area contributed by atoms with Gasteiger partial charge < -0.3 is 4.57 Å². The van der Waals surface area contributed by atoms with Gasteiger partial charge in [0.05, 0.1) is 9.85 Å². The molecule has 2 aromatic carbocycles. The van der Waals surface area contributed by atoms with Gasteiger partial charge >= 0.3 is 0 Å². The lowest BCUT2D eigenvalue weighted by Gasteiger charge is -2.07. The monoisotopic (exact) mass is 369 g/mol. The van der Waals surface area contributed by atoms with E-state index in [1.807, 2.05) is 0 Å². The Hall–Kier alpha value is -2.96. The van der Waals surface area contributed by atoms with E-state index in [4.69, 9.17) is 0 Å². The van der Waals surface area contributed by atoms with Crippen LogP contribution in [0.1, 0.15) is 45.4 Å². The molecule has 0 saturated carbocycles. The number of nitro groups is 2. The molecule has 0 aliphatic heterocycles. The number of unbranched alkanes of at least 4 members (excludes halogenated alkanes) is 5. The van der Waals surface area contributed by atoms with Gasteiger partial charge in [0.2, 0.25) is 0 Å². The van der Waals surface area contributed by atoms with E-state index in [0.717, 1.165) is 30.4 Å². The maximum Gasteiger partial charge on any atom is 0.270 e. The van der Waals surface area contributed by atoms with Crippen LogP contribution in [0.3, 0.4) is 0 Å². The van der Waals surface area contributed by atoms with Crippen molar-refractivity contribution in [3.05, 3.63) is 56.6 Å². The van der Waals surface area contributed by atoms with Crippen molar-refractivity contribution in [2.24, 2.45) is 0 Å². The average molecular weight is 369 g/mol. The van der Waals surface area contributed by atoms with Gasteiger partial charge in [0.1, 0.15) is 0 Å². The van der Waals surface area contributed by atoms with Crippen LogP contribution in [-0.4, -0.2) is 14.4 Å². The molecule has 0 aliphatic rings. The molecule has 0 saturated heterocycles. The van der Waals surface area contributed by atoms with Gasteiger partial charge in [0, 0.05) is 52.6 Å². The smallest absolute Gasteiger partial charge is 0.270 e. The molecule has 0 atom stereocenters. The van der Waals surface area contributed by atoms with Crippen LogP contribution in [0.4, 0.5) is 11.4 Å². The topological polar surface area (TPSA) is 91.2 Å². The Morgan fingerprint density at radius 1 is 0.778 bits per heavy atom. The number of hydrogen-bond donors (Lipinski definition) is 0. The van der Waals surface area contributed by atoms with Crippen LogP contribution >= 0.6 is 0 Å². The first-order chi connectivity index (χ1) is 13.0. The number of non-ortho nitro benzene ring substituents is 2. The molecule has 1 heterocycles. The van der Waals surface area contributed by atoms with Crippen LogP contribution in [0.15, 0.2) is 36.4 Å². The molecule has 0 spiro atoms. The highest BCUT2D eigenvalue weighted by Gasteiger charge is 2.17. The molecule has 1 aromatic heterocycles. The van der Waals surface area contributed by atoms with E-state index in [2.05, 4.69) is 11.5 Å². The molecule has 3 aromatic rings. The Labute approximate surface area is 156 Å². The molecule has 0 bridgehead atoms. The summed E-state index contributed by atoms with van der Waals surface area (Å²) in [5.41, 5.74) is 1.74. The molecule has 7 nitrogen and oxygen atoms in total. The third-order valence-electron chi connectivity index (χ3n) is 4.99. The van der Waals surface area contributed by atoms with Crippen molar-refractivity contribution in [2.75, 3.05) is 0 Å². The number of nitro benzene ring substituents is 2. The fraction of sp³-hybridized carbons (Fsp3) is 0.400. The van der Waals surface area contributed by atoms with E-state index in [1.165, 1.54) is 49.9 Å². The predicted molar refractivity (Wildman–Crippen MR) is 106 cm³/mol. The summed E-state index contributed by atoms with van der Waals surface area (Å²) in [4.78, 5) is 21.4. The van der Waals surface area contributed by atoms with E-state index < -0.39 is 9.85 Å². The summed E-state index contributed by atoms with van der Waals surface area (Å²) in [6.45, 7) is 2.98. The zero-order valence-electron chi connectivity index (χ0n) is 15.4. The Morgan fingerprint density at radius 3 is 1.74 bits per heavy atom. The van der Waals surface area contributed by atoms with Crippen molar-refractivity contribution in [1.82, 2.24) is 4.57 Å². The second-order valence-electron chi connectivity index (χ2n) is 6.84. The van der Waals surface area contributed by atoms with Crippen LogP contribution in [0.5, 0.6) is 0 Å². The zero-order chi connectivity index (χ0) is 19.4. The van der Waals surface area contributed by atoms with Crippen LogP contribution in [0, 0.1) is 20.2 Å². The van der Waals surface area contributed by atoms with Gasteiger partial charge in [0.15, 0.2) is 0 Å². The van der Waals surface area contributed by atoms with Crippen molar-refractivity contribution in [2.45, 2.75) is 52.0 Å². The molecular weight excluding hydrogens is 346 g/mol. The molecule has 0 amide bonds. The number of nitrogens with zero attached hydrogens (tertiary/aromatic N) is 3. The first-order valence-corrected chi connectivity index (χ1v) is 9.37. The lowest BCUT2D eigenvalue weighted by atomic mass is 10.1. The summed E-state index contributed by atoms with van der Waals surface area (Å²) < 4.78 is 2.12. The number of hydrogen-bond acceptors (Lipinski definition) is 4. The summed E-state index contributed by atoms with van der Waals surface area (Å²) in [5.74, 6) is 0. The Bertz CT molecular complexity index is 922. The lowest BCUT2D eigenvalue weighted by molar-refractivity contribution is -0.385. The minimum absolute atomic E-state index is 0.00683. The Morgan fingerprint density at radius 2 is 1.26 bits per heavy atom. The highest BCUT2D eigenvalue weighted by Crippen LogP contribution is 2.34. The van der Waals surface area contributed by atoms with E-state index >= 15 is 0 Å². The van der Waals surface area contributed by atoms with Crippen LogP contribution in [0.2, 0.25) is 0 Å². The van der Waals surface area contributed by atoms with Crippen LogP contribution < -0.4 is 0 Å². The maximum absolute atomic E-state index is 11.2. The summed E-state index contributed by atoms with van der Waals surface area (Å²) >= 11 is 0. The van der Waals surface area contributed by atoms with Gasteiger partial charge in [-0.1, -0.05) is 39.0 Å². The van der Waals surface area contributed by atoms with Gasteiger partial charge in [-0.2, -0.15) is 0 Å². The minimum Gasteiger partial charge on any atom is -0.340 e.